The van der Waals surface area contributed by atoms with Gasteiger partial charge in [-0.25, -0.2) is 4.79 Å². The Morgan fingerprint density at radius 3 is 2.95 bits per heavy atom. The van der Waals surface area contributed by atoms with Gasteiger partial charge < -0.3 is 15.0 Å². The van der Waals surface area contributed by atoms with E-state index in [2.05, 4.69) is 23.2 Å². The van der Waals surface area contributed by atoms with Crippen LogP contribution in [-0.4, -0.2) is 50.2 Å². The van der Waals surface area contributed by atoms with Crippen molar-refractivity contribution < 1.29 is 9.53 Å². The van der Waals surface area contributed by atoms with Gasteiger partial charge >= 0.3 is 5.97 Å². The summed E-state index contributed by atoms with van der Waals surface area (Å²) in [6.45, 7) is 8.41. The lowest BCUT2D eigenvalue weighted by Gasteiger charge is -2.30. The second-order valence-corrected chi connectivity index (χ2v) is 5.86. The van der Waals surface area contributed by atoms with Crippen LogP contribution in [0.5, 0.6) is 0 Å². The molecule has 20 heavy (non-hydrogen) atoms. The minimum absolute atomic E-state index is 0.119. The third-order valence-corrected chi connectivity index (χ3v) is 4.76. The van der Waals surface area contributed by atoms with Gasteiger partial charge in [0.2, 0.25) is 0 Å². The Morgan fingerprint density at radius 2 is 2.20 bits per heavy atom. The molecule has 110 valence electrons. The predicted molar refractivity (Wildman–Crippen MR) is 78.4 cm³/mol. The van der Waals surface area contributed by atoms with Gasteiger partial charge in [0.15, 0.2) is 0 Å². The van der Waals surface area contributed by atoms with Crippen LogP contribution in [0.3, 0.4) is 0 Å². The van der Waals surface area contributed by atoms with Gasteiger partial charge in [-0.15, -0.1) is 0 Å². The second-order valence-electron chi connectivity index (χ2n) is 5.86. The first-order chi connectivity index (χ1) is 9.79. The van der Waals surface area contributed by atoms with Crippen molar-refractivity contribution in [3.05, 3.63) is 22.8 Å². The highest BCUT2D eigenvalue weighted by Gasteiger charge is 2.32. The van der Waals surface area contributed by atoms with Gasteiger partial charge in [0.25, 0.3) is 0 Å². The molecule has 2 fully saturated rings. The summed E-state index contributed by atoms with van der Waals surface area (Å²) in [5.74, 6) is 0.481. The molecular formula is C16H24N2O2. The minimum Gasteiger partial charge on any atom is -0.457 e. The molecule has 3 rings (SSSR count). The summed E-state index contributed by atoms with van der Waals surface area (Å²) in [6, 6.07) is 0. The summed E-state index contributed by atoms with van der Waals surface area (Å²) in [5, 5.41) is 3.39. The van der Waals surface area contributed by atoms with Gasteiger partial charge in [-0.2, -0.15) is 0 Å². The van der Waals surface area contributed by atoms with Crippen molar-refractivity contribution in [1.82, 2.24) is 10.2 Å². The van der Waals surface area contributed by atoms with E-state index in [0.717, 1.165) is 44.6 Å². The standard InChI is InChI=1S/C16H24N2O2/c1-2-13-12(5-8-18-9-6-17-7-10-18)3-4-14-15(13)11-20-16(14)19/h4,12,17H,2-3,5-11H2,1H3. The summed E-state index contributed by atoms with van der Waals surface area (Å²) >= 11 is 0. The largest absolute Gasteiger partial charge is 0.457 e. The number of hydrogen-bond donors (Lipinski definition) is 1. The molecule has 0 aromatic carbocycles. The topological polar surface area (TPSA) is 41.6 Å². The maximum Gasteiger partial charge on any atom is 0.338 e. The Labute approximate surface area is 120 Å². The molecule has 3 aliphatic rings. The number of ether oxygens (including phenoxy) is 1. The zero-order valence-corrected chi connectivity index (χ0v) is 12.3. The average molecular weight is 276 g/mol. The van der Waals surface area contributed by atoms with Gasteiger partial charge in [-0.1, -0.05) is 18.6 Å². The fourth-order valence-corrected chi connectivity index (χ4v) is 3.60. The fraction of sp³-hybridized carbons (Fsp3) is 0.688. The number of carbonyl (C=O) groups excluding carboxylic acids is 1. The lowest BCUT2D eigenvalue weighted by atomic mass is 9.80. The number of nitrogens with zero attached hydrogens (tertiary/aromatic N) is 1. The smallest absolute Gasteiger partial charge is 0.338 e. The van der Waals surface area contributed by atoms with E-state index >= 15 is 0 Å². The number of cyclic esters (lactones) is 1. The second kappa shape index (κ2) is 6.10. The fourth-order valence-electron chi connectivity index (χ4n) is 3.60. The molecule has 1 N–H and O–H groups in total. The summed E-state index contributed by atoms with van der Waals surface area (Å²) in [5.41, 5.74) is 3.50. The zero-order chi connectivity index (χ0) is 13.9. The normalized spacial score (nSPS) is 27.4. The highest BCUT2D eigenvalue weighted by molar-refractivity contribution is 5.97. The van der Waals surface area contributed by atoms with Crippen molar-refractivity contribution >= 4 is 5.97 Å². The third-order valence-electron chi connectivity index (χ3n) is 4.76. The molecule has 0 radical (unpaired) electrons. The van der Waals surface area contributed by atoms with Crippen LogP contribution in [0.15, 0.2) is 22.8 Å². The SMILES string of the molecule is CCC1=C2COC(=O)C2=CCC1CCN1CCNCC1. The first-order valence-electron chi connectivity index (χ1n) is 7.82. The van der Waals surface area contributed by atoms with Crippen LogP contribution < -0.4 is 5.32 Å². The quantitative estimate of drug-likeness (QED) is 0.790. The van der Waals surface area contributed by atoms with Crippen molar-refractivity contribution in [1.29, 1.82) is 0 Å². The highest BCUT2D eigenvalue weighted by Crippen LogP contribution is 2.37. The van der Waals surface area contributed by atoms with Crippen LogP contribution in [-0.2, 0) is 9.53 Å². The van der Waals surface area contributed by atoms with Crippen molar-refractivity contribution in [2.75, 3.05) is 39.3 Å². The van der Waals surface area contributed by atoms with Crippen molar-refractivity contribution in [2.45, 2.75) is 26.2 Å². The van der Waals surface area contributed by atoms with Gasteiger partial charge in [0.1, 0.15) is 6.61 Å². The summed E-state index contributed by atoms with van der Waals surface area (Å²) in [4.78, 5) is 14.2. The average Bonchev–Trinajstić information content (AvgIpc) is 2.87. The summed E-state index contributed by atoms with van der Waals surface area (Å²) in [7, 11) is 0. The Balaban J connectivity index is 1.64. The molecule has 2 heterocycles. The molecule has 1 aliphatic carbocycles. The van der Waals surface area contributed by atoms with E-state index < -0.39 is 0 Å². The van der Waals surface area contributed by atoms with Crippen molar-refractivity contribution in [3.8, 4) is 0 Å². The number of nitrogens with one attached hydrogen (secondary N) is 1. The predicted octanol–water partition coefficient (Wildman–Crippen LogP) is 1.49. The van der Waals surface area contributed by atoms with E-state index in [0.29, 0.717) is 12.5 Å². The molecule has 0 bridgehead atoms. The van der Waals surface area contributed by atoms with Crippen LogP contribution in [0.25, 0.3) is 0 Å². The Morgan fingerprint density at radius 1 is 1.40 bits per heavy atom. The number of esters is 1. The molecule has 0 amide bonds. The minimum atomic E-state index is -0.119. The molecule has 2 saturated heterocycles. The van der Waals surface area contributed by atoms with Gasteiger partial charge in [-0.3, -0.25) is 0 Å². The number of piperazine rings is 1. The van der Waals surface area contributed by atoms with E-state index in [1.807, 2.05) is 0 Å². The first-order valence-corrected chi connectivity index (χ1v) is 7.82. The van der Waals surface area contributed by atoms with Crippen LogP contribution in [0.4, 0.5) is 0 Å². The van der Waals surface area contributed by atoms with E-state index in [9.17, 15) is 4.79 Å². The molecule has 0 aromatic rings. The van der Waals surface area contributed by atoms with Crippen molar-refractivity contribution in [2.24, 2.45) is 5.92 Å². The van der Waals surface area contributed by atoms with E-state index in [-0.39, 0.29) is 5.97 Å². The van der Waals surface area contributed by atoms with Crippen molar-refractivity contribution in [3.63, 3.8) is 0 Å². The monoisotopic (exact) mass is 276 g/mol. The van der Waals surface area contributed by atoms with Gasteiger partial charge in [0, 0.05) is 31.8 Å². The maximum atomic E-state index is 11.6. The molecule has 0 spiro atoms. The number of allylic oxidation sites excluding steroid dienone is 2. The molecule has 4 nitrogen and oxygen atoms in total. The number of carbonyl (C=O) groups is 1. The maximum absolute atomic E-state index is 11.6. The third kappa shape index (κ3) is 2.67. The molecule has 1 unspecified atom stereocenters. The van der Waals surface area contributed by atoms with E-state index in [1.165, 1.54) is 24.1 Å². The number of rotatable bonds is 4. The summed E-state index contributed by atoms with van der Waals surface area (Å²) in [6.07, 6.45) is 5.34. The van der Waals surface area contributed by atoms with E-state index in [1.54, 1.807) is 0 Å². The molecule has 1 atom stereocenters. The van der Waals surface area contributed by atoms with Gasteiger partial charge in [-0.05, 0) is 31.7 Å². The summed E-state index contributed by atoms with van der Waals surface area (Å²) < 4.78 is 5.19. The molecular weight excluding hydrogens is 252 g/mol. The lowest BCUT2D eigenvalue weighted by molar-refractivity contribution is -0.135. The Kier molecular flexibility index (Phi) is 4.22. The Hall–Kier alpha value is -1.13. The molecule has 0 saturated carbocycles. The van der Waals surface area contributed by atoms with E-state index in [4.69, 9.17) is 4.74 Å². The first kappa shape index (κ1) is 13.8. The van der Waals surface area contributed by atoms with Crippen LogP contribution >= 0.6 is 0 Å². The Bertz CT molecular complexity index is 447. The zero-order valence-electron chi connectivity index (χ0n) is 12.3. The van der Waals surface area contributed by atoms with Crippen LogP contribution in [0.2, 0.25) is 0 Å². The molecule has 0 aromatic heterocycles. The van der Waals surface area contributed by atoms with Crippen LogP contribution in [0.1, 0.15) is 26.2 Å². The number of hydrogen-bond acceptors (Lipinski definition) is 4. The molecule has 4 heteroatoms. The highest BCUT2D eigenvalue weighted by atomic mass is 16.5. The number of fused-ring (bicyclic) bond motifs is 1. The molecule has 2 aliphatic heterocycles. The van der Waals surface area contributed by atoms with Crippen LogP contribution in [0, 0.1) is 5.92 Å². The lowest BCUT2D eigenvalue weighted by Crippen LogP contribution is -2.44. The van der Waals surface area contributed by atoms with Gasteiger partial charge in [0.05, 0.1) is 5.57 Å².